The quantitative estimate of drug-likeness (QED) is 0.372. The molecule has 2 heterocycles. The molecule has 0 aliphatic carbocycles. The lowest BCUT2D eigenvalue weighted by molar-refractivity contribution is -0.384. The Kier molecular flexibility index (Phi) is 4.63. The summed E-state index contributed by atoms with van der Waals surface area (Å²) in [6, 6.07) is 6.55. The first kappa shape index (κ1) is 16.6. The van der Waals surface area contributed by atoms with Gasteiger partial charge in [-0.05, 0) is 26.3 Å². The molecule has 0 amide bonds. The molecule has 1 unspecified atom stereocenters. The van der Waals surface area contributed by atoms with E-state index in [9.17, 15) is 10.1 Å². The highest BCUT2D eigenvalue weighted by Crippen LogP contribution is 2.37. The molecule has 24 heavy (non-hydrogen) atoms. The van der Waals surface area contributed by atoms with E-state index in [1.807, 2.05) is 26.8 Å². The summed E-state index contributed by atoms with van der Waals surface area (Å²) in [6.45, 7) is 5.77. The summed E-state index contributed by atoms with van der Waals surface area (Å²) < 4.78 is 5.71. The van der Waals surface area contributed by atoms with Crippen LogP contribution in [0.5, 0.6) is 0 Å². The third-order valence-electron chi connectivity index (χ3n) is 3.33. The average Bonchev–Trinajstić information content (AvgIpc) is 3.13. The lowest BCUT2D eigenvalue weighted by atomic mass is 10.1. The van der Waals surface area contributed by atoms with Crippen LogP contribution in [0.15, 0.2) is 33.9 Å². The Morgan fingerprint density at radius 3 is 2.79 bits per heavy atom. The number of nitrogens with zero attached hydrogens (tertiary/aromatic N) is 4. The minimum Gasteiger partial charge on any atom is -0.410 e. The summed E-state index contributed by atoms with van der Waals surface area (Å²) in [6.07, 6.45) is 0. The van der Waals surface area contributed by atoms with Crippen molar-refractivity contribution in [3.8, 4) is 10.8 Å². The van der Waals surface area contributed by atoms with E-state index in [1.165, 1.54) is 29.2 Å². The smallest absolute Gasteiger partial charge is 0.277 e. The Labute approximate surface area is 146 Å². The van der Waals surface area contributed by atoms with Crippen molar-refractivity contribution in [3.63, 3.8) is 0 Å². The number of benzene rings is 1. The zero-order valence-electron chi connectivity index (χ0n) is 13.2. The summed E-state index contributed by atoms with van der Waals surface area (Å²) >= 11 is 2.88. The van der Waals surface area contributed by atoms with E-state index < -0.39 is 4.92 Å². The molecule has 3 aromatic rings. The van der Waals surface area contributed by atoms with Gasteiger partial charge in [0, 0.05) is 17.4 Å². The molecule has 9 heteroatoms. The minimum absolute atomic E-state index is 0.0532. The van der Waals surface area contributed by atoms with Gasteiger partial charge < -0.3 is 4.42 Å². The Balaban J connectivity index is 1.78. The van der Waals surface area contributed by atoms with Crippen LogP contribution in [0.1, 0.15) is 28.4 Å². The molecule has 0 radical (unpaired) electrons. The maximum Gasteiger partial charge on any atom is 0.277 e. The van der Waals surface area contributed by atoms with E-state index in [0.29, 0.717) is 11.1 Å². The Hall–Kier alpha value is -2.26. The number of nitro benzene ring substituents is 1. The number of rotatable bonds is 5. The van der Waals surface area contributed by atoms with Crippen molar-refractivity contribution in [1.29, 1.82) is 0 Å². The minimum atomic E-state index is -0.402. The molecule has 0 aliphatic rings. The van der Waals surface area contributed by atoms with Crippen molar-refractivity contribution in [2.75, 3.05) is 0 Å². The number of aryl methyl sites for hydroxylation is 2. The molecule has 0 bridgehead atoms. The lowest BCUT2D eigenvalue weighted by Gasteiger charge is -2.08. The zero-order valence-corrected chi connectivity index (χ0v) is 14.8. The second kappa shape index (κ2) is 6.70. The van der Waals surface area contributed by atoms with E-state index in [1.54, 1.807) is 12.1 Å². The summed E-state index contributed by atoms with van der Waals surface area (Å²) in [5, 5.41) is 20.3. The molecule has 1 atom stereocenters. The summed E-state index contributed by atoms with van der Waals surface area (Å²) in [4.78, 5) is 15.7. The van der Waals surface area contributed by atoms with Crippen molar-refractivity contribution in [1.82, 2.24) is 15.2 Å². The van der Waals surface area contributed by atoms with Crippen molar-refractivity contribution >= 4 is 28.8 Å². The van der Waals surface area contributed by atoms with Gasteiger partial charge in [-0.2, -0.15) is 0 Å². The van der Waals surface area contributed by atoms with E-state index in [-0.39, 0.29) is 10.9 Å². The van der Waals surface area contributed by atoms with Gasteiger partial charge in [-0.1, -0.05) is 23.9 Å². The number of non-ortho nitro benzene ring substituents is 1. The molecule has 7 nitrogen and oxygen atoms in total. The van der Waals surface area contributed by atoms with Gasteiger partial charge in [0.05, 0.1) is 15.6 Å². The van der Waals surface area contributed by atoms with E-state index in [0.717, 1.165) is 21.1 Å². The predicted octanol–water partition coefficient (Wildman–Crippen LogP) is 4.57. The van der Waals surface area contributed by atoms with Gasteiger partial charge in [0.1, 0.15) is 4.88 Å². The largest absolute Gasteiger partial charge is 0.410 e. The third-order valence-corrected chi connectivity index (χ3v) is 5.39. The van der Waals surface area contributed by atoms with Crippen LogP contribution >= 0.6 is 23.1 Å². The number of hydrogen-bond donors (Lipinski definition) is 0. The predicted molar refractivity (Wildman–Crippen MR) is 92.2 cm³/mol. The van der Waals surface area contributed by atoms with Crippen LogP contribution in [0.4, 0.5) is 5.69 Å². The first-order valence-corrected chi connectivity index (χ1v) is 8.82. The molecule has 0 N–H and O–H groups in total. The molecule has 0 spiro atoms. The van der Waals surface area contributed by atoms with Crippen molar-refractivity contribution in [3.05, 3.63) is 50.6 Å². The fourth-order valence-electron chi connectivity index (χ4n) is 2.19. The van der Waals surface area contributed by atoms with E-state index in [2.05, 4.69) is 15.2 Å². The molecule has 1 aromatic carbocycles. The monoisotopic (exact) mass is 362 g/mol. The topological polar surface area (TPSA) is 95.0 Å². The van der Waals surface area contributed by atoms with Crippen LogP contribution in [-0.4, -0.2) is 20.1 Å². The fraction of sp³-hybridized carbons (Fsp3) is 0.267. The van der Waals surface area contributed by atoms with Crippen LogP contribution in [0.25, 0.3) is 10.8 Å². The highest BCUT2D eigenvalue weighted by molar-refractivity contribution is 7.99. The molecule has 3 rings (SSSR count). The van der Waals surface area contributed by atoms with Crippen LogP contribution in [-0.2, 0) is 0 Å². The Morgan fingerprint density at radius 1 is 1.33 bits per heavy atom. The van der Waals surface area contributed by atoms with Crippen molar-refractivity contribution < 1.29 is 9.34 Å². The number of aromatic nitrogens is 3. The van der Waals surface area contributed by atoms with Crippen LogP contribution in [0, 0.1) is 24.0 Å². The Morgan fingerprint density at radius 2 is 2.12 bits per heavy atom. The molecule has 2 aromatic heterocycles. The zero-order chi connectivity index (χ0) is 17.3. The van der Waals surface area contributed by atoms with E-state index in [4.69, 9.17) is 4.42 Å². The van der Waals surface area contributed by atoms with Crippen LogP contribution in [0.3, 0.4) is 0 Å². The first-order chi connectivity index (χ1) is 11.4. The standard InChI is InChI=1S/C15H14N4O3S2/c1-8-13(24-10(3)16-8)14-17-18-15(22-14)23-9(2)11-5-4-6-12(7-11)19(20)21/h4-7,9H,1-3H3. The fourth-order valence-corrected chi connectivity index (χ4v) is 3.83. The Bertz CT molecular complexity index is 890. The maximum atomic E-state index is 10.9. The van der Waals surface area contributed by atoms with Gasteiger partial charge in [-0.15, -0.1) is 21.5 Å². The molecular formula is C15H14N4O3S2. The molecule has 0 fully saturated rings. The summed E-state index contributed by atoms with van der Waals surface area (Å²) in [5.41, 5.74) is 1.77. The van der Waals surface area contributed by atoms with Gasteiger partial charge in [0.25, 0.3) is 16.8 Å². The summed E-state index contributed by atoms with van der Waals surface area (Å²) in [5.74, 6) is 0.451. The average molecular weight is 362 g/mol. The van der Waals surface area contributed by atoms with Crippen molar-refractivity contribution in [2.45, 2.75) is 31.2 Å². The number of thiazole rings is 1. The van der Waals surface area contributed by atoms with Gasteiger partial charge in [-0.3, -0.25) is 10.1 Å². The molecule has 0 saturated heterocycles. The SMILES string of the molecule is Cc1nc(C)c(-c2nnc(SC(C)c3cccc([N+](=O)[O-])c3)o2)s1. The lowest BCUT2D eigenvalue weighted by Crippen LogP contribution is -1.92. The highest BCUT2D eigenvalue weighted by Gasteiger charge is 2.18. The number of hydrogen-bond acceptors (Lipinski definition) is 8. The van der Waals surface area contributed by atoms with Crippen LogP contribution < -0.4 is 0 Å². The number of thioether (sulfide) groups is 1. The van der Waals surface area contributed by atoms with Gasteiger partial charge in [0.15, 0.2) is 0 Å². The molecule has 124 valence electrons. The molecular weight excluding hydrogens is 348 g/mol. The van der Waals surface area contributed by atoms with Crippen LogP contribution in [0.2, 0.25) is 0 Å². The van der Waals surface area contributed by atoms with Gasteiger partial charge >= 0.3 is 0 Å². The van der Waals surface area contributed by atoms with Crippen molar-refractivity contribution in [2.24, 2.45) is 0 Å². The van der Waals surface area contributed by atoms with Gasteiger partial charge in [-0.25, -0.2) is 4.98 Å². The highest BCUT2D eigenvalue weighted by atomic mass is 32.2. The maximum absolute atomic E-state index is 10.9. The first-order valence-electron chi connectivity index (χ1n) is 7.13. The normalized spacial score (nSPS) is 12.3. The second-order valence-corrected chi connectivity index (χ2v) is 7.63. The van der Waals surface area contributed by atoms with Gasteiger partial charge in [0.2, 0.25) is 0 Å². The third kappa shape index (κ3) is 3.46. The molecule has 0 saturated carbocycles. The summed E-state index contributed by atoms with van der Waals surface area (Å²) in [7, 11) is 0. The molecule has 0 aliphatic heterocycles. The number of nitro groups is 1. The van der Waals surface area contributed by atoms with E-state index >= 15 is 0 Å². The second-order valence-electron chi connectivity index (χ2n) is 5.13.